The number of methoxy groups -OCH3 is 1. The lowest BCUT2D eigenvalue weighted by Crippen LogP contribution is -2.35. The normalized spacial score (nSPS) is 14.4. The van der Waals surface area contributed by atoms with E-state index in [0.717, 1.165) is 5.75 Å². The molecule has 0 amide bonds. The van der Waals surface area contributed by atoms with Crippen molar-refractivity contribution in [2.45, 2.75) is 19.1 Å². The third-order valence-corrected chi connectivity index (χ3v) is 2.15. The van der Waals surface area contributed by atoms with Crippen molar-refractivity contribution in [1.82, 2.24) is 0 Å². The Hall–Kier alpha value is -1.26. The van der Waals surface area contributed by atoms with Crippen molar-refractivity contribution >= 4 is 0 Å². The van der Waals surface area contributed by atoms with E-state index in [1.165, 1.54) is 0 Å². The number of ether oxygens (including phenoxy) is 2. The summed E-state index contributed by atoms with van der Waals surface area (Å²) in [5.74, 6) is 1.39. The molecule has 0 aromatic heterocycles. The summed E-state index contributed by atoms with van der Waals surface area (Å²) >= 11 is 0. The highest BCUT2D eigenvalue weighted by Gasteiger charge is 2.13. The van der Waals surface area contributed by atoms with Gasteiger partial charge in [0.15, 0.2) is 0 Å². The minimum atomic E-state index is -0.656. The Balaban J connectivity index is 2.63. The fourth-order valence-corrected chi connectivity index (χ4v) is 1.16. The number of rotatable bonds is 5. The lowest BCUT2D eigenvalue weighted by atomic mass is 10.2. The molecule has 1 rings (SSSR count). The Labute approximate surface area is 89.6 Å². The number of aliphatic hydroxyl groups excluding tert-OH is 1. The average Bonchev–Trinajstić information content (AvgIpc) is 2.28. The Bertz CT molecular complexity index is 304. The van der Waals surface area contributed by atoms with Gasteiger partial charge in [-0.25, -0.2) is 0 Å². The molecule has 1 aromatic carbocycles. The molecule has 2 unspecified atom stereocenters. The molecule has 0 radical (unpaired) electrons. The Morgan fingerprint density at radius 3 is 2.67 bits per heavy atom. The van der Waals surface area contributed by atoms with Gasteiger partial charge in [-0.15, -0.1) is 0 Å². The third kappa shape index (κ3) is 3.42. The predicted molar refractivity (Wildman–Crippen MR) is 58.1 cm³/mol. The van der Waals surface area contributed by atoms with E-state index in [2.05, 4.69) is 0 Å². The maximum Gasteiger partial charge on any atom is 0.123 e. The summed E-state index contributed by atoms with van der Waals surface area (Å²) in [4.78, 5) is 0. The number of hydrogen-bond acceptors (Lipinski definition) is 4. The summed E-state index contributed by atoms with van der Waals surface area (Å²) in [6.07, 6.45) is -0.988. The number of nitrogens with two attached hydrogens (primary N) is 1. The van der Waals surface area contributed by atoms with Crippen molar-refractivity contribution < 1.29 is 14.6 Å². The molecule has 0 fully saturated rings. The quantitative estimate of drug-likeness (QED) is 0.755. The van der Waals surface area contributed by atoms with Crippen LogP contribution in [0.1, 0.15) is 6.92 Å². The highest BCUT2D eigenvalue weighted by Crippen LogP contribution is 2.20. The van der Waals surface area contributed by atoms with E-state index < -0.39 is 6.10 Å². The molecular formula is C11H17NO3. The maximum atomic E-state index is 9.43. The van der Waals surface area contributed by atoms with Crippen LogP contribution in [0, 0.1) is 0 Å². The first-order valence-corrected chi connectivity index (χ1v) is 4.86. The molecule has 0 saturated carbocycles. The molecule has 0 aliphatic carbocycles. The van der Waals surface area contributed by atoms with Gasteiger partial charge in [0.1, 0.15) is 23.7 Å². The van der Waals surface area contributed by atoms with Gasteiger partial charge in [-0.3, -0.25) is 0 Å². The molecule has 0 bridgehead atoms. The molecule has 0 saturated heterocycles. The van der Waals surface area contributed by atoms with Gasteiger partial charge in [-0.2, -0.15) is 0 Å². The minimum Gasteiger partial charge on any atom is -0.497 e. The van der Waals surface area contributed by atoms with Crippen LogP contribution in [-0.2, 0) is 0 Å². The highest BCUT2D eigenvalue weighted by atomic mass is 16.5. The molecule has 1 aromatic rings. The van der Waals surface area contributed by atoms with Crippen LogP contribution in [0.15, 0.2) is 24.3 Å². The zero-order valence-corrected chi connectivity index (χ0v) is 9.01. The molecule has 0 aliphatic heterocycles. The largest absolute Gasteiger partial charge is 0.497 e. The Morgan fingerprint density at radius 1 is 1.40 bits per heavy atom. The Morgan fingerprint density at radius 2 is 2.07 bits per heavy atom. The average molecular weight is 211 g/mol. The van der Waals surface area contributed by atoms with E-state index in [-0.39, 0.29) is 12.6 Å². The molecule has 3 N–H and O–H groups in total. The van der Waals surface area contributed by atoms with Gasteiger partial charge in [0.25, 0.3) is 0 Å². The van der Waals surface area contributed by atoms with Gasteiger partial charge in [-0.1, -0.05) is 6.07 Å². The summed E-state index contributed by atoms with van der Waals surface area (Å²) < 4.78 is 10.6. The van der Waals surface area contributed by atoms with Gasteiger partial charge in [-0.05, 0) is 19.1 Å². The molecule has 84 valence electrons. The third-order valence-electron chi connectivity index (χ3n) is 2.15. The molecule has 4 heteroatoms. The van der Waals surface area contributed by atoms with E-state index in [1.54, 1.807) is 20.1 Å². The summed E-state index contributed by atoms with van der Waals surface area (Å²) in [5, 5.41) is 9.43. The van der Waals surface area contributed by atoms with Gasteiger partial charge in [0.05, 0.1) is 7.11 Å². The number of aliphatic hydroxyl groups is 1. The van der Waals surface area contributed by atoms with Crippen molar-refractivity contribution in [3.63, 3.8) is 0 Å². The molecule has 0 spiro atoms. The van der Waals surface area contributed by atoms with Crippen LogP contribution in [0.25, 0.3) is 0 Å². The summed E-state index contributed by atoms with van der Waals surface area (Å²) in [6, 6.07) is 7.23. The lowest BCUT2D eigenvalue weighted by Gasteiger charge is -2.19. The van der Waals surface area contributed by atoms with Crippen LogP contribution in [0.4, 0.5) is 0 Å². The second kappa shape index (κ2) is 5.58. The van der Waals surface area contributed by atoms with Gasteiger partial charge >= 0.3 is 0 Å². The van der Waals surface area contributed by atoms with E-state index >= 15 is 0 Å². The van der Waals surface area contributed by atoms with Crippen LogP contribution < -0.4 is 15.2 Å². The highest BCUT2D eigenvalue weighted by molar-refractivity contribution is 5.32. The van der Waals surface area contributed by atoms with E-state index in [1.807, 2.05) is 18.2 Å². The van der Waals surface area contributed by atoms with Gasteiger partial charge in [0.2, 0.25) is 0 Å². The minimum absolute atomic E-state index is 0.186. The van der Waals surface area contributed by atoms with Crippen LogP contribution >= 0.6 is 0 Å². The first-order chi connectivity index (χ1) is 7.17. The zero-order valence-electron chi connectivity index (χ0n) is 9.01. The van der Waals surface area contributed by atoms with E-state index in [0.29, 0.717) is 5.75 Å². The van der Waals surface area contributed by atoms with Crippen molar-refractivity contribution in [3.05, 3.63) is 24.3 Å². The second-order valence-corrected chi connectivity index (χ2v) is 3.31. The fourth-order valence-electron chi connectivity index (χ4n) is 1.16. The lowest BCUT2D eigenvalue weighted by molar-refractivity contribution is 0.0534. The molecule has 4 nitrogen and oxygen atoms in total. The molecule has 15 heavy (non-hydrogen) atoms. The van der Waals surface area contributed by atoms with Crippen LogP contribution in [0.3, 0.4) is 0 Å². The predicted octanol–water partition coefficient (Wildman–Crippen LogP) is 0.782. The van der Waals surface area contributed by atoms with Crippen molar-refractivity contribution in [3.8, 4) is 11.5 Å². The molecular weight excluding hydrogens is 194 g/mol. The fraction of sp³-hybridized carbons (Fsp3) is 0.455. The first-order valence-electron chi connectivity index (χ1n) is 4.86. The van der Waals surface area contributed by atoms with E-state index in [9.17, 15) is 5.11 Å². The van der Waals surface area contributed by atoms with Crippen molar-refractivity contribution in [2.75, 3.05) is 13.7 Å². The van der Waals surface area contributed by atoms with Crippen LogP contribution in [-0.4, -0.2) is 31.0 Å². The van der Waals surface area contributed by atoms with Crippen LogP contribution in [0.5, 0.6) is 11.5 Å². The van der Waals surface area contributed by atoms with Gasteiger partial charge in [0, 0.05) is 12.6 Å². The topological polar surface area (TPSA) is 64.7 Å². The maximum absolute atomic E-state index is 9.43. The monoisotopic (exact) mass is 211 g/mol. The second-order valence-electron chi connectivity index (χ2n) is 3.31. The first kappa shape index (κ1) is 11.8. The van der Waals surface area contributed by atoms with Gasteiger partial charge < -0.3 is 20.3 Å². The van der Waals surface area contributed by atoms with Crippen molar-refractivity contribution in [2.24, 2.45) is 5.73 Å². The summed E-state index contributed by atoms with van der Waals surface area (Å²) in [6.45, 7) is 1.96. The molecule has 0 aliphatic rings. The SMILES string of the molecule is COc1cccc(OC(C)C(O)CN)c1. The molecule has 0 heterocycles. The number of hydrogen-bond donors (Lipinski definition) is 2. The van der Waals surface area contributed by atoms with E-state index in [4.69, 9.17) is 15.2 Å². The van der Waals surface area contributed by atoms with Crippen LogP contribution in [0.2, 0.25) is 0 Å². The van der Waals surface area contributed by atoms with Crippen molar-refractivity contribution in [1.29, 1.82) is 0 Å². The Kier molecular flexibility index (Phi) is 4.39. The zero-order chi connectivity index (χ0) is 11.3. The number of benzene rings is 1. The standard InChI is InChI=1S/C11H17NO3/c1-8(11(13)7-12)15-10-5-3-4-9(6-10)14-2/h3-6,8,11,13H,7,12H2,1-2H3. The molecule has 2 atom stereocenters. The summed E-state index contributed by atoms with van der Waals surface area (Å²) in [7, 11) is 1.59. The summed E-state index contributed by atoms with van der Waals surface area (Å²) in [5.41, 5.74) is 5.33. The smallest absolute Gasteiger partial charge is 0.123 e.